The fraction of sp³-hybridized carbons (Fsp3) is 0.318. The highest BCUT2D eigenvalue weighted by atomic mass is 19.1. The zero-order valence-electron chi connectivity index (χ0n) is 16.7. The van der Waals surface area contributed by atoms with Crippen molar-refractivity contribution in [2.24, 2.45) is 0 Å². The molecule has 0 bridgehead atoms. The third-order valence-corrected chi connectivity index (χ3v) is 5.07. The second-order valence-electron chi connectivity index (χ2n) is 7.14. The maximum atomic E-state index is 13.5. The second-order valence-corrected chi connectivity index (χ2v) is 7.14. The molecule has 0 aliphatic carbocycles. The van der Waals surface area contributed by atoms with E-state index >= 15 is 0 Å². The number of aromatic nitrogens is 2. The van der Waals surface area contributed by atoms with Gasteiger partial charge in [-0.3, -0.25) is 4.79 Å². The lowest BCUT2D eigenvalue weighted by Gasteiger charge is -2.33. The van der Waals surface area contributed by atoms with Crippen LogP contribution < -0.4 is 0 Å². The lowest BCUT2D eigenvalue weighted by atomic mass is 10.1. The molecule has 0 saturated carbocycles. The minimum absolute atomic E-state index is 0.0254. The van der Waals surface area contributed by atoms with E-state index in [-0.39, 0.29) is 12.1 Å². The monoisotopic (exact) mass is 413 g/mol. The predicted octanol–water partition coefficient (Wildman–Crippen LogP) is 4.10. The quantitative estimate of drug-likeness (QED) is 0.644. The summed E-state index contributed by atoms with van der Waals surface area (Å²) in [6, 6.07) is 8.40. The number of nitrogens with zero attached hydrogens (tertiary/aromatic N) is 3. The number of carbonyl (C=O) groups is 1. The maximum absolute atomic E-state index is 13.5. The molecule has 0 spiro atoms. The zero-order chi connectivity index (χ0) is 21.3. The number of ether oxygens (including phenoxy) is 1. The van der Waals surface area contributed by atoms with Crippen LogP contribution >= 0.6 is 0 Å². The van der Waals surface area contributed by atoms with Crippen LogP contribution in [0.5, 0.6) is 0 Å². The first kappa shape index (κ1) is 20.2. The summed E-state index contributed by atoms with van der Waals surface area (Å²) >= 11 is 0. The first-order chi connectivity index (χ1) is 14.5. The van der Waals surface area contributed by atoms with E-state index in [1.54, 1.807) is 0 Å². The van der Waals surface area contributed by atoms with Crippen molar-refractivity contribution in [3.05, 3.63) is 70.7 Å². The first-order valence-electron chi connectivity index (χ1n) is 9.75. The Morgan fingerprint density at radius 1 is 1.23 bits per heavy atom. The summed E-state index contributed by atoms with van der Waals surface area (Å²) in [6.45, 7) is 4.71. The number of amides is 1. The standard InChI is InChI=1S/C22H21F2N3O3/c1-3-19-21(13(2)26-30-19)18-6-4-5-17(25-18)20-12-27(7-8-29-20)22(28)14-9-15(23)11-16(24)10-14/h4-6,9-11,20H,3,7-8,12H2,1-2H3/t20-/m0/s1. The topological polar surface area (TPSA) is 68.5 Å². The van der Waals surface area contributed by atoms with Gasteiger partial charge in [0.2, 0.25) is 0 Å². The molecule has 4 rings (SSSR count). The highest BCUT2D eigenvalue weighted by Crippen LogP contribution is 2.29. The summed E-state index contributed by atoms with van der Waals surface area (Å²) < 4.78 is 38.2. The van der Waals surface area contributed by atoms with Crippen molar-refractivity contribution in [2.75, 3.05) is 19.7 Å². The van der Waals surface area contributed by atoms with Crippen molar-refractivity contribution in [1.82, 2.24) is 15.0 Å². The summed E-state index contributed by atoms with van der Waals surface area (Å²) in [5, 5.41) is 4.03. The smallest absolute Gasteiger partial charge is 0.254 e. The molecule has 0 N–H and O–H groups in total. The van der Waals surface area contributed by atoms with Gasteiger partial charge in [0, 0.05) is 24.6 Å². The van der Waals surface area contributed by atoms with Gasteiger partial charge in [0.15, 0.2) is 0 Å². The van der Waals surface area contributed by atoms with Gasteiger partial charge in [0.1, 0.15) is 23.5 Å². The van der Waals surface area contributed by atoms with Gasteiger partial charge in [-0.15, -0.1) is 0 Å². The van der Waals surface area contributed by atoms with E-state index in [9.17, 15) is 13.6 Å². The van der Waals surface area contributed by atoms with Gasteiger partial charge in [-0.25, -0.2) is 13.8 Å². The minimum Gasteiger partial charge on any atom is -0.368 e. The Bertz CT molecular complexity index is 1060. The molecule has 1 atom stereocenters. The average molecular weight is 413 g/mol. The van der Waals surface area contributed by atoms with Crippen molar-refractivity contribution >= 4 is 5.91 Å². The van der Waals surface area contributed by atoms with Gasteiger partial charge in [0.25, 0.3) is 5.91 Å². The molecule has 0 radical (unpaired) electrons. The number of aryl methyl sites for hydroxylation is 2. The molecule has 3 aromatic rings. The number of morpholine rings is 1. The van der Waals surface area contributed by atoms with E-state index in [0.29, 0.717) is 25.3 Å². The van der Waals surface area contributed by atoms with Crippen LogP contribution in [0.1, 0.15) is 40.5 Å². The van der Waals surface area contributed by atoms with Gasteiger partial charge in [-0.05, 0) is 31.2 Å². The summed E-state index contributed by atoms with van der Waals surface area (Å²) in [5.74, 6) is -1.26. The van der Waals surface area contributed by atoms with Gasteiger partial charge < -0.3 is 14.2 Å². The Labute approximate surface area is 172 Å². The molecular weight excluding hydrogens is 392 g/mol. The molecule has 1 aromatic carbocycles. The number of halogens is 2. The van der Waals surface area contributed by atoms with Crippen LogP contribution in [-0.4, -0.2) is 40.6 Å². The molecule has 1 fully saturated rings. The number of hydrogen-bond donors (Lipinski definition) is 0. The van der Waals surface area contributed by atoms with Crippen LogP contribution in [0.2, 0.25) is 0 Å². The number of hydrogen-bond acceptors (Lipinski definition) is 5. The fourth-order valence-corrected chi connectivity index (χ4v) is 3.63. The Balaban J connectivity index is 1.58. The highest BCUT2D eigenvalue weighted by Gasteiger charge is 2.28. The Kier molecular flexibility index (Phi) is 5.59. The van der Waals surface area contributed by atoms with Crippen LogP contribution in [-0.2, 0) is 11.2 Å². The summed E-state index contributed by atoms with van der Waals surface area (Å²) in [5.41, 5.74) is 2.98. The first-order valence-corrected chi connectivity index (χ1v) is 9.75. The number of carbonyl (C=O) groups excluding carboxylic acids is 1. The predicted molar refractivity (Wildman–Crippen MR) is 105 cm³/mol. The van der Waals surface area contributed by atoms with Crippen molar-refractivity contribution in [2.45, 2.75) is 26.4 Å². The van der Waals surface area contributed by atoms with Crippen LogP contribution in [0, 0.1) is 18.6 Å². The molecule has 1 aliphatic rings. The minimum atomic E-state index is -0.784. The van der Waals surface area contributed by atoms with E-state index < -0.39 is 23.6 Å². The van der Waals surface area contributed by atoms with Gasteiger partial charge in [-0.1, -0.05) is 18.1 Å². The zero-order valence-corrected chi connectivity index (χ0v) is 16.7. The second kappa shape index (κ2) is 8.31. The van der Waals surface area contributed by atoms with Crippen molar-refractivity contribution in [3.63, 3.8) is 0 Å². The molecule has 6 nitrogen and oxygen atoms in total. The molecule has 2 aromatic heterocycles. The Morgan fingerprint density at radius 3 is 2.73 bits per heavy atom. The van der Waals surface area contributed by atoms with Gasteiger partial charge in [0.05, 0.1) is 35.8 Å². The van der Waals surface area contributed by atoms with Crippen LogP contribution in [0.4, 0.5) is 8.78 Å². The van der Waals surface area contributed by atoms with E-state index in [1.807, 2.05) is 32.0 Å². The van der Waals surface area contributed by atoms with Gasteiger partial charge in [-0.2, -0.15) is 0 Å². The third-order valence-electron chi connectivity index (χ3n) is 5.07. The molecule has 1 amide bonds. The normalized spacial score (nSPS) is 16.7. The largest absolute Gasteiger partial charge is 0.368 e. The van der Waals surface area contributed by atoms with E-state index in [1.165, 1.54) is 4.90 Å². The maximum Gasteiger partial charge on any atom is 0.254 e. The number of rotatable bonds is 4. The van der Waals surface area contributed by atoms with E-state index in [0.717, 1.165) is 40.9 Å². The average Bonchev–Trinajstić information content (AvgIpc) is 3.13. The lowest BCUT2D eigenvalue weighted by Crippen LogP contribution is -2.42. The highest BCUT2D eigenvalue weighted by molar-refractivity contribution is 5.94. The molecule has 3 heterocycles. The van der Waals surface area contributed by atoms with Crippen molar-refractivity contribution in [1.29, 1.82) is 0 Å². The molecule has 1 saturated heterocycles. The SMILES string of the molecule is CCc1onc(C)c1-c1cccc([C@@H]2CN(C(=O)c3cc(F)cc(F)c3)CCO2)n1. The number of pyridine rings is 1. The molecule has 30 heavy (non-hydrogen) atoms. The molecular formula is C22H21F2N3O3. The summed E-state index contributed by atoms with van der Waals surface area (Å²) in [7, 11) is 0. The number of benzene rings is 1. The molecule has 156 valence electrons. The van der Waals surface area contributed by atoms with Crippen LogP contribution in [0.3, 0.4) is 0 Å². The molecule has 1 aliphatic heterocycles. The third kappa shape index (κ3) is 3.95. The van der Waals surface area contributed by atoms with E-state index in [4.69, 9.17) is 14.2 Å². The van der Waals surface area contributed by atoms with Crippen LogP contribution in [0.25, 0.3) is 11.3 Å². The molecule has 8 heteroatoms. The van der Waals surface area contributed by atoms with Gasteiger partial charge >= 0.3 is 0 Å². The summed E-state index contributed by atoms with van der Waals surface area (Å²) in [4.78, 5) is 19.0. The Morgan fingerprint density at radius 2 is 2.00 bits per heavy atom. The summed E-state index contributed by atoms with van der Waals surface area (Å²) in [6.07, 6.45) is 0.236. The fourth-order valence-electron chi connectivity index (χ4n) is 3.63. The van der Waals surface area contributed by atoms with Crippen molar-refractivity contribution < 1.29 is 22.8 Å². The van der Waals surface area contributed by atoms with E-state index in [2.05, 4.69) is 5.16 Å². The lowest BCUT2D eigenvalue weighted by molar-refractivity contribution is -0.0247. The Hall–Kier alpha value is -3.13. The molecule has 0 unspecified atom stereocenters. The van der Waals surface area contributed by atoms with Crippen LogP contribution in [0.15, 0.2) is 40.9 Å². The van der Waals surface area contributed by atoms with Crippen molar-refractivity contribution in [3.8, 4) is 11.3 Å².